The van der Waals surface area contributed by atoms with Crippen LogP contribution in [0.5, 0.6) is 0 Å². The molecule has 1 aliphatic heterocycles. The average molecular weight is 378 g/mol. The zero-order chi connectivity index (χ0) is 19.5. The summed E-state index contributed by atoms with van der Waals surface area (Å²) in [5, 5.41) is 6.85. The summed E-state index contributed by atoms with van der Waals surface area (Å²) in [6.45, 7) is 3.53. The summed E-state index contributed by atoms with van der Waals surface area (Å²) in [6, 6.07) is 9.85. The van der Waals surface area contributed by atoms with E-state index < -0.39 is 0 Å². The maximum absolute atomic E-state index is 12.6. The number of carbonyl (C=O) groups excluding carboxylic acids is 1. The van der Waals surface area contributed by atoms with Crippen molar-refractivity contribution in [3.05, 3.63) is 76.0 Å². The van der Waals surface area contributed by atoms with E-state index in [1.807, 2.05) is 37.3 Å². The van der Waals surface area contributed by atoms with Gasteiger partial charge in [0.25, 0.3) is 5.91 Å². The number of aryl methyl sites for hydroxylation is 1. The van der Waals surface area contributed by atoms with Gasteiger partial charge in [0.1, 0.15) is 11.5 Å². The van der Waals surface area contributed by atoms with Gasteiger partial charge in [0.2, 0.25) is 0 Å². The Morgan fingerprint density at radius 2 is 1.89 bits per heavy atom. The zero-order valence-corrected chi connectivity index (χ0v) is 15.7. The molecular weight excluding hydrogens is 356 g/mol. The van der Waals surface area contributed by atoms with Crippen molar-refractivity contribution in [2.45, 2.75) is 32.2 Å². The highest BCUT2D eigenvalue weighted by Gasteiger charge is 2.28. The van der Waals surface area contributed by atoms with Crippen molar-refractivity contribution in [1.82, 2.24) is 29.6 Å². The number of nitrogens with one attached hydrogen (secondary N) is 1. The molecule has 28 heavy (non-hydrogen) atoms. The number of nitrogens with zero attached hydrogens (tertiary/aromatic N) is 5. The minimum Gasteiger partial charge on any atom is -0.337 e. The van der Waals surface area contributed by atoms with Crippen molar-refractivity contribution in [1.29, 1.82) is 0 Å². The highest BCUT2D eigenvalue weighted by Crippen LogP contribution is 2.27. The lowest BCUT2D eigenvalue weighted by molar-refractivity contribution is 0.0704. The van der Waals surface area contributed by atoms with Crippen LogP contribution in [-0.4, -0.2) is 48.6 Å². The van der Waals surface area contributed by atoms with E-state index in [4.69, 9.17) is 0 Å². The number of rotatable bonds is 4. The first kappa shape index (κ1) is 18.1. The summed E-state index contributed by atoms with van der Waals surface area (Å²) in [7, 11) is 0. The Bertz CT molecular complexity index is 1000. The first-order valence-corrected chi connectivity index (χ1v) is 9.39. The minimum atomic E-state index is -0.202. The molecule has 144 valence electrons. The maximum Gasteiger partial charge on any atom is 0.343 e. The number of amides is 1. The SMILES string of the molecule is Cc1cnc(C(=O)N2CCC(c3n[nH]c(=O)n3Cc3ccccc3)CC2)cn1. The van der Waals surface area contributed by atoms with Crippen molar-refractivity contribution in [2.75, 3.05) is 13.1 Å². The van der Waals surface area contributed by atoms with Crippen LogP contribution in [0.15, 0.2) is 47.5 Å². The molecule has 0 spiro atoms. The van der Waals surface area contributed by atoms with Gasteiger partial charge in [-0.2, -0.15) is 5.10 Å². The van der Waals surface area contributed by atoms with Gasteiger partial charge in [0.15, 0.2) is 0 Å². The number of aromatic amines is 1. The minimum absolute atomic E-state index is 0.102. The summed E-state index contributed by atoms with van der Waals surface area (Å²) >= 11 is 0. The highest BCUT2D eigenvalue weighted by atomic mass is 16.2. The van der Waals surface area contributed by atoms with Crippen LogP contribution in [0.3, 0.4) is 0 Å². The molecule has 8 heteroatoms. The fraction of sp³-hybridized carbons (Fsp3) is 0.350. The molecule has 0 unspecified atom stereocenters. The van der Waals surface area contributed by atoms with E-state index in [9.17, 15) is 9.59 Å². The molecule has 3 heterocycles. The third-order valence-corrected chi connectivity index (χ3v) is 5.12. The van der Waals surface area contributed by atoms with Crippen molar-refractivity contribution >= 4 is 5.91 Å². The van der Waals surface area contributed by atoms with Gasteiger partial charge in [-0.25, -0.2) is 14.9 Å². The zero-order valence-electron chi connectivity index (χ0n) is 15.7. The van der Waals surface area contributed by atoms with Gasteiger partial charge in [-0.3, -0.25) is 14.3 Å². The van der Waals surface area contributed by atoms with Gasteiger partial charge < -0.3 is 4.90 Å². The molecule has 1 N–H and O–H groups in total. The van der Waals surface area contributed by atoms with Gasteiger partial charge in [0.05, 0.1) is 18.4 Å². The topological polar surface area (TPSA) is 96.8 Å². The van der Waals surface area contributed by atoms with Crippen LogP contribution in [0.1, 0.15) is 46.3 Å². The molecule has 1 fully saturated rings. The summed E-state index contributed by atoms with van der Waals surface area (Å²) in [4.78, 5) is 35.0. The number of benzene rings is 1. The lowest BCUT2D eigenvalue weighted by atomic mass is 9.95. The van der Waals surface area contributed by atoms with E-state index in [2.05, 4.69) is 20.2 Å². The predicted octanol–water partition coefficient (Wildman–Crippen LogP) is 1.74. The number of carbonyl (C=O) groups is 1. The summed E-state index contributed by atoms with van der Waals surface area (Å²) < 4.78 is 1.70. The third-order valence-electron chi connectivity index (χ3n) is 5.12. The van der Waals surface area contributed by atoms with Gasteiger partial charge in [0, 0.05) is 25.2 Å². The Labute approximate surface area is 162 Å². The summed E-state index contributed by atoms with van der Waals surface area (Å²) in [6.07, 6.45) is 4.63. The lowest BCUT2D eigenvalue weighted by Gasteiger charge is -2.31. The second-order valence-electron chi connectivity index (χ2n) is 7.07. The van der Waals surface area contributed by atoms with Crippen LogP contribution in [0.2, 0.25) is 0 Å². The van der Waals surface area contributed by atoms with Gasteiger partial charge in [-0.1, -0.05) is 30.3 Å². The number of hydrogen-bond donors (Lipinski definition) is 1. The fourth-order valence-corrected chi connectivity index (χ4v) is 3.57. The molecule has 1 aromatic carbocycles. The number of hydrogen-bond acceptors (Lipinski definition) is 5. The number of aromatic nitrogens is 5. The number of piperidine rings is 1. The second kappa shape index (κ2) is 7.75. The first-order chi connectivity index (χ1) is 13.6. The monoisotopic (exact) mass is 378 g/mol. The van der Waals surface area contributed by atoms with Crippen molar-refractivity contribution in [3.8, 4) is 0 Å². The van der Waals surface area contributed by atoms with E-state index in [0.717, 1.165) is 29.9 Å². The Balaban J connectivity index is 1.45. The quantitative estimate of drug-likeness (QED) is 0.746. The molecule has 0 saturated carbocycles. The molecule has 1 amide bonds. The highest BCUT2D eigenvalue weighted by molar-refractivity contribution is 5.92. The Morgan fingerprint density at radius 3 is 2.57 bits per heavy atom. The molecule has 8 nitrogen and oxygen atoms in total. The maximum atomic E-state index is 12.6. The van der Waals surface area contributed by atoms with E-state index in [1.54, 1.807) is 15.7 Å². The number of likely N-dealkylation sites (tertiary alicyclic amines) is 1. The third kappa shape index (κ3) is 3.71. The van der Waals surface area contributed by atoms with E-state index in [-0.39, 0.29) is 17.5 Å². The Hall–Kier alpha value is -3.29. The second-order valence-corrected chi connectivity index (χ2v) is 7.07. The van der Waals surface area contributed by atoms with Gasteiger partial charge in [-0.05, 0) is 25.3 Å². The van der Waals surface area contributed by atoms with Crippen LogP contribution in [0, 0.1) is 6.92 Å². The molecule has 1 saturated heterocycles. The van der Waals surface area contributed by atoms with Crippen LogP contribution in [-0.2, 0) is 6.54 Å². The predicted molar refractivity (Wildman–Crippen MR) is 103 cm³/mol. The van der Waals surface area contributed by atoms with Gasteiger partial charge >= 0.3 is 5.69 Å². The average Bonchev–Trinajstić information content (AvgIpc) is 3.09. The smallest absolute Gasteiger partial charge is 0.337 e. The lowest BCUT2D eigenvalue weighted by Crippen LogP contribution is -2.39. The van der Waals surface area contributed by atoms with Gasteiger partial charge in [-0.15, -0.1) is 0 Å². The Kier molecular flexibility index (Phi) is 5.01. The standard InChI is InChI=1S/C20H22N6O2/c1-14-11-22-17(12-21-14)19(27)25-9-7-16(8-10-25)18-23-24-20(28)26(18)13-15-5-3-2-4-6-15/h2-6,11-12,16H,7-10,13H2,1H3,(H,24,28). The Morgan fingerprint density at radius 1 is 1.14 bits per heavy atom. The summed E-state index contributed by atoms with van der Waals surface area (Å²) in [5.74, 6) is 0.793. The molecule has 0 aliphatic carbocycles. The van der Waals surface area contributed by atoms with Crippen molar-refractivity contribution < 1.29 is 4.79 Å². The van der Waals surface area contributed by atoms with Crippen LogP contribution < -0.4 is 5.69 Å². The van der Waals surface area contributed by atoms with Crippen molar-refractivity contribution in [2.24, 2.45) is 0 Å². The van der Waals surface area contributed by atoms with E-state index in [0.29, 0.717) is 25.3 Å². The molecule has 0 atom stereocenters. The van der Waals surface area contributed by atoms with E-state index in [1.165, 1.54) is 6.20 Å². The normalized spacial score (nSPS) is 15.0. The molecule has 2 aromatic heterocycles. The van der Waals surface area contributed by atoms with Crippen LogP contribution in [0.4, 0.5) is 0 Å². The molecule has 4 rings (SSSR count). The molecule has 0 radical (unpaired) electrons. The largest absolute Gasteiger partial charge is 0.343 e. The van der Waals surface area contributed by atoms with Crippen LogP contribution in [0.25, 0.3) is 0 Å². The first-order valence-electron chi connectivity index (χ1n) is 9.39. The molecule has 0 bridgehead atoms. The molecule has 1 aliphatic rings. The molecular formula is C20H22N6O2. The van der Waals surface area contributed by atoms with Crippen LogP contribution >= 0.6 is 0 Å². The fourth-order valence-electron chi connectivity index (χ4n) is 3.57. The van der Waals surface area contributed by atoms with Crippen molar-refractivity contribution in [3.63, 3.8) is 0 Å². The van der Waals surface area contributed by atoms with E-state index >= 15 is 0 Å². The molecule has 3 aromatic rings. The summed E-state index contributed by atoms with van der Waals surface area (Å²) in [5.41, 5.74) is 2.00. The number of H-pyrrole nitrogens is 1.